The summed E-state index contributed by atoms with van der Waals surface area (Å²) in [5.41, 5.74) is 7.11. The molecule has 1 aromatic heterocycles. The van der Waals surface area contributed by atoms with Crippen molar-refractivity contribution in [2.24, 2.45) is 5.73 Å². The number of nitrogens with two attached hydrogens (primary N) is 1. The molecule has 1 aromatic carbocycles. The summed E-state index contributed by atoms with van der Waals surface area (Å²) in [6, 6.07) is 10.8. The number of hydrogen-bond acceptors (Lipinski definition) is 4. The lowest BCUT2D eigenvalue weighted by Crippen LogP contribution is -2.13. The number of nitrogens with one attached hydrogen (secondary N) is 1. The average molecular weight is 246 g/mol. The Labute approximate surface area is 105 Å². The van der Waals surface area contributed by atoms with Crippen LogP contribution in [-0.4, -0.2) is 6.09 Å². The van der Waals surface area contributed by atoms with Crippen molar-refractivity contribution < 1.29 is 13.9 Å². The van der Waals surface area contributed by atoms with Gasteiger partial charge in [0.1, 0.15) is 5.76 Å². The SMILES string of the molecule is NCc1cccc(NC(=O)OCc2ccco2)c1. The minimum Gasteiger partial charge on any atom is -0.466 e. The van der Waals surface area contributed by atoms with Crippen molar-refractivity contribution in [1.82, 2.24) is 0 Å². The second-order valence-electron chi connectivity index (χ2n) is 3.68. The summed E-state index contributed by atoms with van der Waals surface area (Å²) >= 11 is 0. The third kappa shape index (κ3) is 3.36. The van der Waals surface area contributed by atoms with Gasteiger partial charge in [0.2, 0.25) is 0 Å². The van der Waals surface area contributed by atoms with Crippen molar-refractivity contribution in [2.75, 3.05) is 5.32 Å². The fourth-order valence-electron chi connectivity index (χ4n) is 1.46. The summed E-state index contributed by atoms with van der Waals surface area (Å²) in [6.45, 7) is 0.534. The van der Waals surface area contributed by atoms with Gasteiger partial charge in [-0.05, 0) is 29.8 Å². The first-order valence-electron chi connectivity index (χ1n) is 5.53. The van der Waals surface area contributed by atoms with Crippen LogP contribution < -0.4 is 11.1 Å². The van der Waals surface area contributed by atoms with E-state index in [9.17, 15) is 4.79 Å². The minimum atomic E-state index is -0.527. The van der Waals surface area contributed by atoms with E-state index in [1.54, 1.807) is 24.3 Å². The molecule has 2 aromatic rings. The molecule has 3 N–H and O–H groups in total. The van der Waals surface area contributed by atoms with Gasteiger partial charge in [-0.3, -0.25) is 5.32 Å². The summed E-state index contributed by atoms with van der Waals surface area (Å²) < 4.78 is 10.0. The summed E-state index contributed by atoms with van der Waals surface area (Å²) in [4.78, 5) is 11.5. The fraction of sp³-hybridized carbons (Fsp3) is 0.154. The van der Waals surface area contributed by atoms with Gasteiger partial charge >= 0.3 is 6.09 Å². The Kier molecular flexibility index (Phi) is 3.98. The van der Waals surface area contributed by atoms with Crippen molar-refractivity contribution >= 4 is 11.8 Å². The highest BCUT2D eigenvalue weighted by Gasteiger charge is 2.05. The number of anilines is 1. The monoisotopic (exact) mass is 246 g/mol. The van der Waals surface area contributed by atoms with Crippen molar-refractivity contribution in [1.29, 1.82) is 0 Å². The van der Waals surface area contributed by atoms with Crippen LogP contribution in [0.1, 0.15) is 11.3 Å². The number of carbonyl (C=O) groups is 1. The van der Waals surface area contributed by atoms with Crippen molar-refractivity contribution in [2.45, 2.75) is 13.2 Å². The molecule has 2 rings (SSSR count). The molecule has 0 spiro atoms. The van der Waals surface area contributed by atoms with E-state index in [0.29, 0.717) is 18.0 Å². The van der Waals surface area contributed by atoms with E-state index in [2.05, 4.69) is 5.32 Å². The Bertz CT molecular complexity index is 509. The van der Waals surface area contributed by atoms with E-state index in [-0.39, 0.29) is 6.61 Å². The molecule has 0 fully saturated rings. The van der Waals surface area contributed by atoms with Gasteiger partial charge in [0.15, 0.2) is 6.61 Å². The number of benzene rings is 1. The van der Waals surface area contributed by atoms with Crippen molar-refractivity contribution in [3.8, 4) is 0 Å². The van der Waals surface area contributed by atoms with Gasteiger partial charge in [-0.25, -0.2) is 4.79 Å². The van der Waals surface area contributed by atoms with E-state index < -0.39 is 6.09 Å². The van der Waals surface area contributed by atoms with Crippen LogP contribution in [0.25, 0.3) is 0 Å². The lowest BCUT2D eigenvalue weighted by atomic mass is 10.2. The first-order chi connectivity index (χ1) is 8.78. The Morgan fingerprint density at radius 3 is 2.94 bits per heavy atom. The third-order valence-corrected chi connectivity index (χ3v) is 2.33. The molecule has 94 valence electrons. The molecule has 5 nitrogen and oxygen atoms in total. The quantitative estimate of drug-likeness (QED) is 0.868. The molecule has 1 heterocycles. The number of hydrogen-bond donors (Lipinski definition) is 2. The molecule has 0 saturated carbocycles. The van der Waals surface area contributed by atoms with E-state index in [4.69, 9.17) is 14.9 Å². The second-order valence-corrected chi connectivity index (χ2v) is 3.68. The van der Waals surface area contributed by atoms with Crippen LogP contribution in [-0.2, 0) is 17.9 Å². The maximum absolute atomic E-state index is 11.5. The Morgan fingerprint density at radius 1 is 1.33 bits per heavy atom. The standard InChI is InChI=1S/C13H14N2O3/c14-8-10-3-1-4-11(7-10)15-13(16)18-9-12-5-2-6-17-12/h1-7H,8-9,14H2,(H,15,16). The smallest absolute Gasteiger partial charge is 0.412 e. The van der Waals surface area contributed by atoms with Crippen LogP contribution >= 0.6 is 0 Å². The van der Waals surface area contributed by atoms with Gasteiger partial charge < -0.3 is 14.9 Å². The molecule has 0 aliphatic rings. The molecule has 0 bridgehead atoms. The lowest BCUT2D eigenvalue weighted by Gasteiger charge is -2.06. The zero-order chi connectivity index (χ0) is 12.8. The maximum Gasteiger partial charge on any atom is 0.412 e. The van der Waals surface area contributed by atoms with E-state index in [1.165, 1.54) is 6.26 Å². The molecule has 0 aliphatic heterocycles. The highest BCUT2D eigenvalue weighted by molar-refractivity contribution is 5.84. The summed E-state index contributed by atoms with van der Waals surface area (Å²) in [6.07, 6.45) is 1.00. The molecular weight excluding hydrogens is 232 g/mol. The predicted molar refractivity (Wildman–Crippen MR) is 66.8 cm³/mol. The first kappa shape index (κ1) is 12.2. The Hall–Kier alpha value is -2.27. The number of ether oxygens (including phenoxy) is 1. The average Bonchev–Trinajstić information content (AvgIpc) is 2.90. The van der Waals surface area contributed by atoms with Crippen LogP contribution in [0.4, 0.5) is 10.5 Å². The van der Waals surface area contributed by atoms with Gasteiger partial charge in [0.05, 0.1) is 6.26 Å². The molecule has 0 aliphatic carbocycles. The largest absolute Gasteiger partial charge is 0.466 e. The molecular formula is C13H14N2O3. The van der Waals surface area contributed by atoms with Gasteiger partial charge in [0.25, 0.3) is 0 Å². The third-order valence-electron chi connectivity index (χ3n) is 2.33. The van der Waals surface area contributed by atoms with Crippen molar-refractivity contribution in [3.63, 3.8) is 0 Å². The van der Waals surface area contributed by atoms with Gasteiger partial charge in [-0.15, -0.1) is 0 Å². The van der Waals surface area contributed by atoms with E-state index in [0.717, 1.165) is 5.56 Å². The fourth-order valence-corrected chi connectivity index (χ4v) is 1.46. The Morgan fingerprint density at radius 2 is 2.22 bits per heavy atom. The van der Waals surface area contributed by atoms with Gasteiger partial charge in [0, 0.05) is 12.2 Å². The van der Waals surface area contributed by atoms with E-state index >= 15 is 0 Å². The van der Waals surface area contributed by atoms with Crippen LogP contribution in [0.3, 0.4) is 0 Å². The molecule has 18 heavy (non-hydrogen) atoms. The normalized spacial score (nSPS) is 10.1. The number of carbonyl (C=O) groups excluding carboxylic acids is 1. The molecule has 0 atom stereocenters. The highest BCUT2D eigenvalue weighted by Crippen LogP contribution is 2.11. The first-order valence-corrected chi connectivity index (χ1v) is 5.53. The number of amides is 1. The Balaban J connectivity index is 1.86. The molecule has 0 radical (unpaired) electrons. The molecule has 1 amide bonds. The molecule has 0 unspecified atom stereocenters. The lowest BCUT2D eigenvalue weighted by molar-refractivity contribution is 0.146. The second kappa shape index (κ2) is 5.88. The number of rotatable bonds is 4. The van der Waals surface area contributed by atoms with Gasteiger partial charge in [-0.1, -0.05) is 12.1 Å². The van der Waals surface area contributed by atoms with Crippen molar-refractivity contribution in [3.05, 3.63) is 54.0 Å². The van der Waals surface area contributed by atoms with E-state index in [1.807, 2.05) is 12.1 Å². The topological polar surface area (TPSA) is 77.5 Å². The number of furan rings is 1. The predicted octanol–water partition coefficient (Wildman–Crippen LogP) is 2.49. The zero-order valence-corrected chi connectivity index (χ0v) is 9.76. The van der Waals surface area contributed by atoms with Crippen LogP contribution in [0.5, 0.6) is 0 Å². The summed E-state index contributed by atoms with van der Waals surface area (Å²) in [5.74, 6) is 0.598. The minimum absolute atomic E-state index is 0.107. The summed E-state index contributed by atoms with van der Waals surface area (Å²) in [5, 5.41) is 2.62. The van der Waals surface area contributed by atoms with Crippen LogP contribution in [0.2, 0.25) is 0 Å². The van der Waals surface area contributed by atoms with Crippen LogP contribution in [0, 0.1) is 0 Å². The molecule has 0 saturated heterocycles. The van der Waals surface area contributed by atoms with Gasteiger partial charge in [-0.2, -0.15) is 0 Å². The van der Waals surface area contributed by atoms with Crippen LogP contribution in [0.15, 0.2) is 47.1 Å². The maximum atomic E-state index is 11.5. The highest BCUT2D eigenvalue weighted by atomic mass is 16.6. The zero-order valence-electron chi connectivity index (χ0n) is 9.76. The summed E-state index contributed by atoms with van der Waals surface area (Å²) in [7, 11) is 0. The molecule has 5 heteroatoms.